The van der Waals surface area contributed by atoms with Crippen LogP contribution in [0, 0.1) is 37.7 Å². The molecule has 0 saturated carbocycles. The summed E-state index contributed by atoms with van der Waals surface area (Å²) < 4.78 is 51.0. The minimum absolute atomic E-state index is 0. The molecule has 0 aliphatic heterocycles. The Kier molecular flexibility index (Phi) is 11.5. The Morgan fingerprint density at radius 2 is 2.21 bits per heavy atom. The van der Waals surface area contributed by atoms with Crippen molar-refractivity contribution in [1.82, 2.24) is 0 Å². The topological polar surface area (TPSA) is 83.5 Å². The molecule has 0 aromatic rings. The van der Waals surface area contributed by atoms with Gasteiger partial charge in [0, 0.05) is 53.2 Å². The fraction of sp³-hybridized carbons (Fsp3) is 0.875. The van der Waals surface area contributed by atoms with Gasteiger partial charge in [-0.3, -0.25) is 9.05 Å². The molecule has 1 radical (unpaired) electrons. The average Bonchev–Trinajstić information content (AvgIpc) is 2.41. The predicted octanol–water partition coefficient (Wildman–Crippen LogP) is 0.0569. The standard InChI is InChI=1S/C8H20BO7PSi.U/c1-7(10)14-5-8(6-15-18(4)9)16-17(11,12-2)13-3;/h5,7-10,18H,6H2,1-4H3;/q-1;/i9T,18D;. The van der Waals surface area contributed by atoms with Gasteiger partial charge in [0.1, 0.15) is 22.5 Å². The van der Waals surface area contributed by atoms with Crippen LogP contribution < -0.4 is 0 Å². The zero-order valence-electron chi connectivity index (χ0n) is 13.4. The monoisotopic (exact) mass is 539 g/mol. The molecule has 0 amide bonds. The smallest absolute Gasteiger partial charge is 0.472 e. The van der Waals surface area contributed by atoms with Crippen molar-refractivity contribution in [3.63, 3.8) is 0 Å². The maximum atomic E-state index is 11.9. The van der Waals surface area contributed by atoms with Gasteiger partial charge in [-0.05, 0) is 14.4 Å². The van der Waals surface area contributed by atoms with Gasteiger partial charge in [0.05, 0.1) is 0 Å². The number of rotatable bonds is 11. The summed E-state index contributed by atoms with van der Waals surface area (Å²) in [7, 11) is -3.53. The minimum Gasteiger partial charge on any atom is -0.527 e. The molecule has 11 heteroatoms. The number of phosphoric ester groups is 1. The molecule has 0 aliphatic carbocycles. The Balaban J connectivity index is 0. The Labute approximate surface area is 143 Å². The third-order valence-electron chi connectivity index (χ3n) is 1.61. The van der Waals surface area contributed by atoms with E-state index >= 15 is 0 Å². The van der Waals surface area contributed by atoms with Gasteiger partial charge in [-0.15, -0.1) is 0 Å². The quantitative estimate of drug-likeness (QED) is 0.172. The van der Waals surface area contributed by atoms with E-state index in [4.69, 9.17) is 21.4 Å². The molecule has 7 nitrogen and oxygen atoms in total. The van der Waals surface area contributed by atoms with Crippen LogP contribution in [0.15, 0.2) is 0 Å². The van der Waals surface area contributed by atoms with E-state index in [-0.39, 0.29) is 37.7 Å². The largest absolute Gasteiger partial charge is 0.527 e. The fourth-order valence-electron chi connectivity index (χ4n) is 0.836. The van der Waals surface area contributed by atoms with Crippen LogP contribution >= 0.6 is 7.82 Å². The summed E-state index contributed by atoms with van der Waals surface area (Å²) in [6.45, 7) is 3.75. The first-order valence-electron chi connectivity index (χ1n) is 6.19. The van der Waals surface area contributed by atoms with Crippen LogP contribution in [-0.4, -0.2) is 57.1 Å². The zero-order valence-corrected chi connectivity index (χ0v) is 17.4. The van der Waals surface area contributed by atoms with Gasteiger partial charge in [-0.25, -0.2) is 4.57 Å². The molecule has 0 aromatic heterocycles. The number of ether oxygens (including phenoxy) is 1. The first-order chi connectivity index (χ1) is 9.18. The molecular weight excluding hydrogens is 516 g/mol. The van der Waals surface area contributed by atoms with Crippen LogP contribution in [0.25, 0.3) is 0 Å². The van der Waals surface area contributed by atoms with Crippen molar-refractivity contribution in [2.24, 2.45) is 0 Å². The number of hydrogen-bond acceptors (Lipinski definition) is 7. The van der Waals surface area contributed by atoms with Gasteiger partial charge in [0.25, 0.3) is 0 Å². The third kappa shape index (κ3) is 11.6. The molecule has 1 N–H and O–H groups in total. The van der Waals surface area contributed by atoms with E-state index in [0.717, 1.165) is 28.2 Å². The second-order valence-corrected chi connectivity index (χ2v) is 6.59. The number of aliphatic hydroxyl groups is 1. The van der Waals surface area contributed by atoms with Crippen molar-refractivity contribution in [2.75, 3.05) is 20.8 Å². The summed E-state index contributed by atoms with van der Waals surface area (Å²) in [4.78, 5) is 0. The molecule has 0 saturated heterocycles. The van der Waals surface area contributed by atoms with Crippen LogP contribution in [-0.2, 0) is 27.3 Å². The van der Waals surface area contributed by atoms with Gasteiger partial charge in [-0.1, -0.05) is 6.55 Å². The van der Waals surface area contributed by atoms with Crippen LogP contribution in [0.5, 0.6) is 0 Å². The van der Waals surface area contributed by atoms with Crippen molar-refractivity contribution >= 4 is 24.1 Å². The fourth-order valence-corrected chi connectivity index (χ4v) is 2.03. The second-order valence-electron chi connectivity index (χ2n) is 3.25. The first kappa shape index (κ1) is 18.4. The van der Waals surface area contributed by atoms with Gasteiger partial charge in [0.2, 0.25) is 0 Å². The first-order valence-corrected chi connectivity index (χ1v) is 8.56. The van der Waals surface area contributed by atoms with Gasteiger partial charge >= 0.3 is 7.82 Å². The Bertz CT molecular complexity index is 321. The van der Waals surface area contributed by atoms with Crippen molar-refractivity contribution in [3.8, 4) is 0 Å². The van der Waals surface area contributed by atoms with Crippen LogP contribution in [0.3, 0.4) is 0 Å². The normalized spacial score (nSPS) is 19.4. The third-order valence-corrected chi connectivity index (χ3v) is 3.66. The van der Waals surface area contributed by atoms with Crippen LogP contribution in [0.1, 0.15) is 6.92 Å². The Hall–Kier alpha value is 1.32. The van der Waals surface area contributed by atoms with Crippen molar-refractivity contribution in [1.29, 1.82) is 2.57 Å². The summed E-state index contributed by atoms with van der Waals surface area (Å²) in [6, 6.07) is 0. The molecule has 0 bridgehead atoms. The van der Waals surface area contributed by atoms with E-state index in [1.54, 1.807) is 0 Å². The molecule has 111 valence electrons. The van der Waals surface area contributed by atoms with Gasteiger partial charge < -0.3 is 18.8 Å². The summed E-state index contributed by atoms with van der Waals surface area (Å²) >= 11 is 0. The van der Waals surface area contributed by atoms with Gasteiger partial charge in [-0.2, -0.15) is 6.61 Å². The maximum absolute atomic E-state index is 11.9. The van der Waals surface area contributed by atoms with E-state index < -0.39 is 29.1 Å². The molecule has 0 rings (SSSR count). The SMILES string of the molecule is [2H][Si](C)([B][3H])OCC([CH-]OC(C)O)OP(=O)(OC)OC.[U]. The molecule has 0 aromatic carbocycles. The van der Waals surface area contributed by atoms with Crippen LogP contribution in [0.4, 0.5) is 0 Å². The van der Waals surface area contributed by atoms with E-state index in [1.165, 1.54) is 13.5 Å². The summed E-state index contributed by atoms with van der Waals surface area (Å²) in [5.74, 6) is 0. The second kappa shape index (κ2) is 11.9. The number of hydrogen-bond donors (Lipinski definition) is 1. The summed E-state index contributed by atoms with van der Waals surface area (Å²) in [5.41, 5.74) is 0. The van der Waals surface area contributed by atoms with Crippen molar-refractivity contribution in [3.05, 3.63) is 6.61 Å². The number of phosphoric acid groups is 1. The van der Waals surface area contributed by atoms with Gasteiger partial charge in [0.15, 0.2) is 0 Å². The van der Waals surface area contributed by atoms with Crippen molar-refractivity contribution in [2.45, 2.75) is 25.9 Å². The molecule has 0 spiro atoms. The molecule has 0 heterocycles. The molecule has 3 unspecified atom stereocenters. The van der Waals surface area contributed by atoms with E-state index in [0.29, 0.717) is 0 Å². The molecule has 0 aliphatic rings. The summed E-state index contributed by atoms with van der Waals surface area (Å²) in [6.07, 6.45) is -2.08. The molecule has 3 atom stereocenters. The molecule has 0 fully saturated rings. The zero-order chi connectivity index (χ0) is 15.8. The average molecular weight is 539 g/mol. The number of aliphatic hydroxyl groups excluding tert-OH is 1. The minimum atomic E-state index is -3.76. The maximum Gasteiger partial charge on any atom is 0.472 e. The molecular formula is C8H20BO7PSiU-. The van der Waals surface area contributed by atoms with E-state index in [1.807, 2.05) is 0 Å². The Morgan fingerprint density at radius 3 is 2.63 bits per heavy atom. The van der Waals surface area contributed by atoms with Crippen molar-refractivity contribution < 1.29 is 63.5 Å². The summed E-state index contributed by atoms with van der Waals surface area (Å²) in [5, 5.41) is 9.04. The van der Waals surface area contributed by atoms with E-state index in [9.17, 15) is 4.57 Å². The Morgan fingerprint density at radius 1 is 1.63 bits per heavy atom. The molecule has 19 heavy (non-hydrogen) atoms. The van der Waals surface area contributed by atoms with Crippen LogP contribution in [0.2, 0.25) is 6.55 Å². The van der Waals surface area contributed by atoms with E-state index in [2.05, 4.69) is 9.05 Å². The predicted molar refractivity (Wildman–Crippen MR) is 69.7 cm³/mol.